The Balaban J connectivity index is 0.000000830. The molecule has 0 spiro atoms. The first kappa shape index (κ1) is 15.0. The van der Waals surface area contributed by atoms with Gasteiger partial charge in [0.2, 0.25) is 0 Å². The molecule has 1 amide bonds. The number of amides is 1. The smallest absolute Gasteiger partial charge is 0.251 e. The van der Waals surface area contributed by atoms with Crippen LogP contribution in [0.5, 0.6) is 0 Å². The minimum atomic E-state index is -0.113. The fourth-order valence-electron chi connectivity index (χ4n) is 1.45. The van der Waals surface area contributed by atoms with E-state index >= 15 is 0 Å². The molecule has 0 saturated carbocycles. The van der Waals surface area contributed by atoms with Crippen molar-refractivity contribution >= 4 is 5.91 Å². The predicted molar refractivity (Wildman–Crippen MR) is 78.1 cm³/mol. The summed E-state index contributed by atoms with van der Waals surface area (Å²) in [7, 11) is 1.60. The number of oxazole rings is 1. The topological polar surface area (TPSA) is 55.1 Å². The average Bonchev–Trinajstić information content (AvgIpc) is 2.86. The average molecular weight is 262 g/mol. The minimum Gasteiger partial charge on any atom is -0.441 e. The molecule has 2 rings (SSSR count). The highest BCUT2D eigenvalue weighted by Crippen LogP contribution is 2.21. The molecule has 0 fully saturated rings. The molecule has 0 aliphatic heterocycles. The third-order valence-electron chi connectivity index (χ3n) is 2.26. The second kappa shape index (κ2) is 7.36. The number of nitrogens with zero attached hydrogens (tertiary/aromatic N) is 1. The zero-order valence-electron chi connectivity index (χ0n) is 11.9. The highest BCUT2D eigenvalue weighted by Gasteiger charge is 2.07. The van der Waals surface area contributed by atoms with Gasteiger partial charge in [0.25, 0.3) is 5.91 Å². The zero-order chi connectivity index (χ0) is 14.3. The van der Waals surface area contributed by atoms with E-state index in [-0.39, 0.29) is 7.33 Å². The lowest BCUT2D eigenvalue weighted by atomic mass is 10.1. The maximum absolute atomic E-state index is 11.4. The van der Waals surface area contributed by atoms with Crippen LogP contribution in [0.2, 0.25) is 0 Å². The van der Waals surface area contributed by atoms with Crippen LogP contribution in [0.4, 0.5) is 0 Å². The molecule has 0 aliphatic rings. The van der Waals surface area contributed by atoms with Gasteiger partial charge in [-0.05, 0) is 12.1 Å². The molecule has 0 atom stereocenters. The van der Waals surface area contributed by atoms with Crippen molar-refractivity contribution in [3.63, 3.8) is 0 Å². The Bertz CT molecular complexity index is 538. The molecular weight excluding hydrogens is 240 g/mol. The molecule has 0 saturated heterocycles. The highest BCUT2D eigenvalue weighted by atomic mass is 16.4. The van der Waals surface area contributed by atoms with Gasteiger partial charge < -0.3 is 9.73 Å². The van der Waals surface area contributed by atoms with Gasteiger partial charge in [0.1, 0.15) is 0 Å². The summed E-state index contributed by atoms with van der Waals surface area (Å²) >= 11 is 0. The summed E-state index contributed by atoms with van der Waals surface area (Å²) in [6.07, 6.45) is 2.90. The number of nitrogens with one attached hydrogen (secondary N) is 1. The van der Waals surface area contributed by atoms with E-state index < -0.39 is 0 Å². The molecule has 2 aromatic rings. The van der Waals surface area contributed by atoms with Crippen LogP contribution >= 0.6 is 0 Å². The largest absolute Gasteiger partial charge is 0.441 e. The van der Waals surface area contributed by atoms with E-state index in [1.807, 2.05) is 12.1 Å². The molecule has 1 N–H and O–H groups in total. The zero-order valence-corrected chi connectivity index (χ0v) is 11.9. The molecule has 0 unspecified atom stereocenters. The standard InChI is InChI=1S/C12H12N2O2.C3H8.H2/c1-8-14-7-11(16-8)9-4-3-5-10(6-9)12(15)13-2;1-3-2;/h3-7H,1-2H3,(H,13,15);3H2,1-2H3;1H. The van der Waals surface area contributed by atoms with Crippen LogP contribution in [0.1, 0.15) is 37.9 Å². The molecule has 0 bridgehead atoms. The Morgan fingerprint density at radius 2 is 2.11 bits per heavy atom. The van der Waals surface area contributed by atoms with Crippen LogP contribution in [0.3, 0.4) is 0 Å². The summed E-state index contributed by atoms with van der Waals surface area (Å²) in [5.41, 5.74) is 1.45. The summed E-state index contributed by atoms with van der Waals surface area (Å²) in [5, 5.41) is 2.58. The third kappa shape index (κ3) is 4.25. The first-order chi connectivity index (χ1) is 9.12. The monoisotopic (exact) mass is 262 g/mol. The predicted octanol–water partition coefficient (Wildman–Crippen LogP) is 3.67. The summed E-state index contributed by atoms with van der Waals surface area (Å²) in [6, 6.07) is 7.23. The fraction of sp³-hybridized carbons (Fsp3) is 0.333. The van der Waals surface area contributed by atoms with Crippen LogP contribution in [-0.2, 0) is 0 Å². The van der Waals surface area contributed by atoms with Gasteiger partial charge in [-0.2, -0.15) is 0 Å². The maximum Gasteiger partial charge on any atom is 0.251 e. The number of rotatable bonds is 2. The van der Waals surface area contributed by atoms with Crippen molar-refractivity contribution < 1.29 is 10.6 Å². The molecule has 4 nitrogen and oxygen atoms in total. The molecule has 1 aromatic carbocycles. The maximum atomic E-state index is 11.4. The number of carbonyl (C=O) groups is 1. The van der Waals surface area contributed by atoms with Crippen molar-refractivity contribution in [1.29, 1.82) is 0 Å². The third-order valence-corrected chi connectivity index (χ3v) is 2.26. The SMILES string of the molecule is CCC.CNC(=O)c1cccc(-c2cnc(C)o2)c1.[HH]. The Morgan fingerprint density at radius 1 is 1.42 bits per heavy atom. The van der Waals surface area contributed by atoms with Crippen LogP contribution < -0.4 is 5.32 Å². The van der Waals surface area contributed by atoms with Crippen molar-refractivity contribution in [1.82, 2.24) is 10.3 Å². The Labute approximate surface area is 115 Å². The van der Waals surface area contributed by atoms with Crippen LogP contribution in [0, 0.1) is 6.92 Å². The van der Waals surface area contributed by atoms with Crippen molar-refractivity contribution in [2.45, 2.75) is 27.2 Å². The number of carbonyl (C=O) groups excluding carboxylic acids is 1. The lowest BCUT2D eigenvalue weighted by molar-refractivity contribution is 0.0963. The van der Waals surface area contributed by atoms with Crippen LogP contribution in [-0.4, -0.2) is 17.9 Å². The van der Waals surface area contributed by atoms with Crippen LogP contribution in [0.15, 0.2) is 34.9 Å². The van der Waals surface area contributed by atoms with E-state index in [0.717, 1.165) is 5.56 Å². The number of benzene rings is 1. The van der Waals surface area contributed by atoms with Gasteiger partial charge in [-0.25, -0.2) is 4.98 Å². The fourth-order valence-corrected chi connectivity index (χ4v) is 1.45. The number of hydrogen-bond donors (Lipinski definition) is 1. The first-order valence-electron chi connectivity index (χ1n) is 6.37. The first-order valence-corrected chi connectivity index (χ1v) is 6.37. The summed E-state index contributed by atoms with van der Waals surface area (Å²) in [6.45, 7) is 6.03. The van der Waals surface area contributed by atoms with Gasteiger partial charge in [-0.15, -0.1) is 0 Å². The molecule has 0 radical (unpaired) electrons. The van der Waals surface area contributed by atoms with Crippen molar-refractivity contribution in [3.8, 4) is 11.3 Å². The number of aryl methyl sites for hydroxylation is 1. The molecule has 0 aliphatic carbocycles. The van der Waals surface area contributed by atoms with Gasteiger partial charge in [0.15, 0.2) is 11.7 Å². The normalized spacial score (nSPS) is 9.47. The molecule has 1 heterocycles. The van der Waals surface area contributed by atoms with E-state index in [4.69, 9.17) is 4.42 Å². The lowest BCUT2D eigenvalue weighted by Crippen LogP contribution is -2.17. The van der Waals surface area contributed by atoms with Crippen molar-refractivity contribution in [2.24, 2.45) is 0 Å². The molecule has 1 aromatic heterocycles. The van der Waals surface area contributed by atoms with Crippen molar-refractivity contribution in [3.05, 3.63) is 41.9 Å². The minimum absolute atomic E-state index is 0. The Morgan fingerprint density at radius 3 is 2.63 bits per heavy atom. The van der Waals surface area contributed by atoms with Gasteiger partial charge in [-0.1, -0.05) is 32.4 Å². The Hall–Kier alpha value is -2.10. The van der Waals surface area contributed by atoms with E-state index in [1.54, 1.807) is 32.3 Å². The van der Waals surface area contributed by atoms with Gasteiger partial charge >= 0.3 is 0 Å². The molecular formula is C15H22N2O2. The van der Waals surface area contributed by atoms with Crippen molar-refractivity contribution in [2.75, 3.05) is 7.05 Å². The summed E-state index contributed by atoms with van der Waals surface area (Å²) < 4.78 is 5.40. The van der Waals surface area contributed by atoms with Gasteiger partial charge in [-0.3, -0.25) is 4.79 Å². The van der Waals surface area contributed by atoms with Gasteiger partial charge in [0.05, 0.1) is 6.20 Å². The molecule has 104 valence electrons. The quantitative estimate of drug-likeness (QED) is 0.898. The lowest BCUT2D eigenvalue weighted by Gasteiger charge is -2.01. The van der Waals surface area contributed by atoms with E-state index in [9.17, 15) is 4.79 Å². The molecule has 4 heteroatoms. The Kier molecular flexibility index (Phi) is 5.79. The second-order valence-electron chi connectivity index (χ2n) is 4.11. The summed E-state index contributed by atoms with van der Waals surface area (Å²) in [5.74, 6) is 1.17. The summed E-state index contributed by atoms with van der Waals surface area (Å²) in [4.78, 5) is 15.5. The van der Waals surface area contributed by atoms with E-state index in [0.29, 0.717) is 17.2 Å². The molecule has 19 heavy (non-hydrogen) atoms. The van der Waals surface area contributed by atoms with Gasteiger partial charge in [0, 0.05) is 26.5 Å². The number of hydrogen-bond acceptors (Lipinski definition) is 3. The number of aromatic nitrogens is 1. The second-order valence-corrected chi connectivity index (χ2v) is 4.11. The van der Waals surface area contributed by atoms with E-state index in [1.165, 1.54) is 6.42 Å². The van der Waals surface area contributed by atoms with Crippen LogP contribution in [0.25, 0.3) is 11.3 Å². The van der Waals surface area contributed by atoms with E-state index in [2.05, 4.69) is 24.1 Å². The highest BCUT2D eigenvalue weighted by molar-refractivity contribution is 5.95.